The molecule has 0 aliphatic heterocycles. The Morgan fingerprint density at radius 2 is 1.93 bits per heavy atom. The van der Waals surface area contributed by atoms with E-state index in [1.165, 1.54) is 0 Å². The third kappa shape index (κ3) is 3.37. The molecule has 1 aliphatic carbocycles. The standard InChI is InChI=1S/C22H24N4O/c1-14-8-10-19-17(12-14)21(16-6-4-5-7-18(16)25-19)22(27)24-15-9-11-20(23-13-15)26(2)3/h8-13H,4-7H2,1-3H3,(H,24,27). The first-order valence-corrected chi connectivity index (χ1v) is 9.40. The number of amides is 1. The lowest BCUT2D eigenvalue weighted by Gasteiger charge is -2.20. The minimum Gasteiger partial charge on any atom is -0.363 e. The normalized spacial score (nSPS) is 13.3. The van der Waals surface area contributed by atoms with Crippen molar-refractivity contribution in [3.05, 3.63) is 58.9 Å². The molecule has 0 atom stereocenters. The lowest BCUT2D eigenvalue weighted by atomic mass is 9.89. The van der Waals surface area contributed by atoms with E-state index in [1.54, 1.807) is 6.20 Å². The topological polar surface area (TPSA) is 58.1 Å². The number of nitrogens with one attached hydrogen (secondary N) is 1. The van der Waals surface area contributed by atoms with Gasteiger partial charge in [0.1, 0.15) is 5.82 Å². The van der Waals surface area contributed by atoms with Gasteiger partial charge in [-0.05, 0) is 62.4 Å². The third-order valence-electron chi connectivity index (χ3n) is 5.11. The van der Waals surface area contributed by atoms with Gasteiger partial charge < -0.3 is 10.2 Å². The van der Waals surface area contributed by atoms with Crippen LogP contribution in [-0.2, 0) is 12.8 Å². The number of benzene rings is 1. The number of fused-ring (bicyclic) bond motifs is 2. The SMILES string of the molecule is Cc1ccc2nc3c(c(C(=O)Nc4ccc(N(C)C)nc4)c2c1)CCCC3. The van der Waals surface area contributed by atoms with Gasteiger partial charge in [0.05, 0.1) is 23.0 Å². The summed E-state index contributed by atoms with van der Waals surface area (Å²) in [6, 6.07) is 9.93. The Balaban J connectivity index is 1.77. The van der Waals surface area contributed by atoms with E-state index in [0.717, 1.165) is 64.8 Å². The molecule has 27 heavy (non-hydrogen) atoms. The van der Waals surface area contributed by atoms with Crippen molar-refractivity contribution in [2.24, 2.45) is 0 Å². The Bertz CT molecular complexity index is 1010. The minimum atomic E-state index is -0.0782. The number of aromatic nitrogens is 2. The highest BCUT2D eigenvalue weighted by molar-refractivity contribution is 6.13. The average Bonchev–Trinajstić information content (AvgIpc) is 2.66. The second kappa shape index (κ2) is 6.99. The van der Waals surface area contributed by atoms with Gasteiger partial charge in [0.2, 0.25) is 0 Å². The van der Waals surface area contributed by atoms with Crippen molar-refractivity contribution in [2.45, 2.75) is 32.6 Å². The van der Waals surface area contributed by atoms with Crippen molar-refractivity contribution in [1.82, 2.24) is 9.97 Å². The van der Waals surface area contributed by atoms with Gasteiger partial charge in [-0.3, -0.25) is 9.78 Å². The van der Waals surface area contributed by atoms with Crippen LogP contribution in [0.15, 0.2) is 36.5 Å². The van der Waals surface area contributed by atoms with E-state index in [9.17, 15) is 4.79 Å². The van der Waals surface area contributed by atoms with Crippen molar-refractivity contribution in [3.63, 3.8) is 0 Å². The number of aryl methyl sites for hydroxylation is 2. The zero-order valence-electron chi connectivity index (χ0n) is 16.0. The molecule has 1 N–H and O–H groups in total. The molecule has 2 heterocycles. The fourth-order valence-corrected chi connectivity index (χ4v) is 3.72. The summed E-state index contributed by atoms with van der Waals surface area (Å²) in [4.78, 5) is 24.4. The molecule has 2 aromatic heterocycles. The molecule has 0 fully saturated rings. The molecular weight excluding hydrogens is 336 g/mol. The Labute approximate surface area is 159 Å². The quantitative estimate of drug-likeness (QED) is 0.763. The van der Waals surface area contributed by atoms with Crippen LogP contribution < -0.4 is 10.2 Å². The number of carbonyl (C=O) groups is 1. The molecule has 0 bridgehead atoms. The lowest BCUT2D eigenvalue weighted by molar-refractivity contribution is 0.102. The highest BCUT2D eigenvalue weighted by Crippen LogP contribution is 2.30. The summed E-state index contributed by atoms with van der Waals surface area (Å²) >= 11 is 0. The fraction of sp³-hybridized carbons (Fsp3) is 0.318. The van der Waals surface area contributed by atoms with Crippen LogP contribution in [0.3, 0.4) is 0 Å². The maximum Gasteiger partial charge on any atom is 0.256 e. The van der Waals surface area contributed by atoms with Crippen LogP contribution >= 0.6 is 0 Å². The highest BCUT2D eigenvalue weighted by atomic mass is 16.1. The first-order chi connectivity index (χ1) is 13.0. The van der Waals surface area contributed by atoms with Gasteiger partial charge in [0, 0.05) is 25.2 Å². The van der Waals surface area contributed by atoms with E-state index < -0.39 is 0 Å². The van der Waals surface area contributed by atoms with Crippen LogP contribution in [0.4, 0.5) is 11.5 Å². The molecular formula is C22H24N4O. The van der Waals surface area contributed by atoms with Crippen molar-refractivity contribution in [1.29, 1.82) is 0 Å². The van der Waals surface area contributed by atoms with E-state index in [2.05, 4.69) is 22.4 Å². The van der Waals surface area contributed by atoms with Crippen molar-refractivity contribution >= 4 is 28.3 Å². The molecule has 3 aromatic rings. The number of hydrogen-bond donors (Lipinski definition) is 1. The molecule has 1 aliphatic rings. The smallest absolute Gasteiger partial charge is 0.256 e. The second-order valence-corrected chi connectivity index (χ2v) is 7.39. The van der Waals surface area contributed by atoms with Gasteiger partial charge in [-0.15, -0.1) is 0 Å². The van der Waals surface area contributed by atoms with Crippen LogP contribution in [-0.4, -0.2) is 30.0 Å². The Morgan fingerprint density at radius 1 is 1.11 bits per heavy atom. The molecule has 0 spiro atoms. The van der Waals surface area contributed by atoms with Crippen LogP contribution in [0.5, 0.6) is 0 Å². The largest absolute Gasteiger partial charge is 0.363 e. The highest BCUT2D eigenvalue weighted by Gasteiger charge is 2.23. The molecule has 5 heteroatoms. The molecule has 0 radical (unpaired) electrons. The summed E-state index contributed by atoms with van der Waals surface area (Å²) in [5, 5.41) is 3.97. The fourth-order valence-electron chi connectivity index (χ4n) is 3.72. The van der Waals surface area contributed by atoms with Crippen molar-refractivity contribution in [3.8, 4) is 0 Å². The summed E-state index contributed by atoms with van der Waals surface area (Å²) < 4.78 is 0. The lowest BCUT2D eigenvalue weighted by Crippen LogP contribution is -2.19. The van der Waals surface area contributed by atoms with Gasteiger partial charge in [-0.2, -0.15) is 0 Å². The Hall–Kier alpha value is -2.95. The predicted molar refractivity (Wildman–Crippen MR) is 110 cm³/mol. The van der Waals surface area contributed by atoms with E-state index in [0.29, 0.717) is 5.69 Å². The molecule has 0 saturated carbocycles. The minimum absolute atomic E-state index is 0.0782. The summed E-state index contributed by atoms with van der Waals surface area (Å²) in [6.45, 7) is 2.05. The molecule has 1 amide bonds. The number of carbonyl (C=O) groups excluding carboxylic acids is 1. The second-order valence-electron chi connectivity index (χ2n) is 7.39. The van der Waals surface area contributed by atoms with Gasteiger partial charge in [0.15, 0.2) is 0 Å². The molecule has 0 unspecified atom stereocenters. The predicted octanol–water partition coefficient (Wildman–Crippen LogP) is 4.14. The number of hydrogen-bond acceptors (Lipinski definition) is 4. The van der Waals surface area contributed by atoms with Gasteiger partial charge in [-0.25, -0.2) is 4.98 Å². The van der Waals surface area contributed by atoms with E-state index in [4.69, 9.17) is 4.98 Å². The Morgan fingerprint density at radius 3 is 2.67 bits per heavy atom. The summed E-state index contributed by atoms with van der Waals surface area (Å²) in [5.74, 6) is 0.779. The molecule has 0 saturated heterocycles. The van der Waals surface area contributed by atoms with E-state index in [1.807, 2.05) is 44.1 Å². The molecule has 5 nitrogen and oxygen atoms in total. The number of nitrogens with zero attached hydrogens (tertiary/aromatic N) is 3. The third-order valence-corrected chi connectivity index (χ3v) is 5.11. The molecule has 138 valence electrons. The number of pyridine rings is 2. The van der Waals surface area contributed by atoms with E-state index in [-0.39, 0.29) is 5.91 Å². The maximum absolute atomic E-state index is 13.3. The van der Waals surface area contributed by atoms with Crippen molar-refractivity contribution in [2.75, 3.05) is 24.3 Å². The monoisotopic (exact) mass is 360 g/mol. The summed E-state index contributed by atoms with van der Waals surface area (Å²) in [7, 11) is 3.89. The summed E-state index contributed by atoms with van der Waals surface area (Å²) in [6.07, 6.45) is 5.79. The summed E-state index contributed by atoms with van der Waals surface area (Å²) in [5.41, 5.74) is 5.68. The van der Waals surface area contributed by atoms with E-state index >= 15 is 0 Å². The van der Waals surface area contributed by atoms with Gasteiger partial charge >= 0.3 is 0 Å². The molecule has 4 rings (SSSR count). The van der Waals surface area contributed by atoms with Crippen LogP contribution in [0.1, 0.15) is 40.0 Å². The Kier molecular flexibility index (Phi) is 4.52. The average molecular weight is 360 g/mol. The zero-order chi connectivity index (χ0) is 19.0. The number of anilines is 2. The zero-order valence-corrected chi connectivity index (χ0v) is 16.0. The van der Waals surface area contributed by atoms with Gasteiger partial charge in [0.25, 0.3) is 5.91 Å². The first-order valence-electron chi connectivity index (χ1n) is 9.40. The van der Waals surface area contributed by atoms with Crippen LogP contribution in [0.2, 0.25) is 0 Å². The van der Waals surface area contributed by atoms with Crippen LogP contribution in [0, 0.1) is 6.92 Å². The van der Waals surface area contributed by atoms with Gasteiger partial charge in [-0.1, -0.05) is 11.6 Å². The van der Waals surface area contributed by atoms with Crippen molar-refractivity contribution < 1.29 is 4.79 Å². The molecule has 1 aromatic carbocycles. The maximum atomic E-state index is 13.3. The first kappa shape index (κ1) is 17.5. The number of rotatable bonds is 3. The van der Waals surface area contributed by atoms with Crippen LogP contribution in [0.25, 0.3) is 10.9 Å².